The molecule has 1 N–H and O–H groups in total. The number of nitrogens with zero attached hydrogens (tertiary/aromatic N) is 3. The molecule has 1 aromatic rings. The summed E-state index contributed by atoms with van der Waals surface area (Å²) in [4.78, 5) is 30.6. The predicted molar refractivity (Wildman–Crippen MR) is 149 cm³/mol. The fourth-order valence-electron chi connectivity index (χ4n) is 6.23. The Morgan fingerprint density at radius 2 is 1.82 bits per heavy atom. The first-order valence-corrected chi connectivity index (χ1v) is 14.7. The number of carboxylic acids is 1. The van der Waals surface area contributed by atoms with Crippen LogP contribution in [0.4, 0.5) is 0 Å². The summed E-state index contributed by atoms with van der Waals surface area (Å²) in [5, 5.41) is 10.5. The van der Waals surface area contributed by atoms with Crippen LogP contribution in [-0.2, 0) is 25.5 Å². The molecule has 3 heterocycles. The van der Waals surface area contributed by atoms with Crippen molar-refractivity contribution in [2.75, 3.05) is 73.7 Å². The Labute approximate surface area is 233 Å². The topological polar surface area (TPSA) is 88.5 Å². The summed E-state index contributed by atoms with van der Waals surface area (Å²) >= 11 is 0. The first kappa shape index (κ1) is 29.8. The van der Waals surface area contributed by atoms with Crippen molar-refractivity contribution < 1.29 is 33.4 Å². The molecule has 39 heavy (non-hydrogen) atoms. The highest BCUT2D eigenvalue weighted by atomic mass is 16.7. The number of ether oxygens (including phenoxy) is 3. The van der Waals surface area contributed by atoms with Crippen molar-refractivity contribution in [3.63, 3.8) is 0 Å². The number of carbonyl (C=O) groups excluding carboxylic acids is 1. The normalized spacial score (nSPS) is 23.6. The Kier molecular flexibility index (Phi) is 10.3. The van der Waals surface area contributed by atoms with E-state index >= 15 is 0 Å². The van der Waals surface area contributed by atoms with E-state index in [1.807, 2.05) is 17.0 Å². The molecule has 2 saturated heterocycles. The molecule has 2 fully saturated rings. The van der Waals surface area contributed by atoms with E-state index in [2.05, 4.69) is 39.0 Å². The molecule has 1 aromatic carbocycles. The quantitative estimate of drug-likeness (QED) is 0.359. The number of aliphatic carboxylic acids is 1. The highest BCUT2D eigenvalue weighted by Crippen LogP contribution is 2.41. The number of carbonyl (C=O) groups is 2. The summed E-state index contributed by atoms with van der Waals surface area (Å²) in [5.41, 5.74) is 2.16. The van der Waals surface area contributed by atoms with E-state index < -0.39 is 11.9 Å². The molecule has 4 rings (SSSR count). The van der Waals surface area contributed by atoms with Gasteiger partial charge in [-0.25, -0.2) is 0 Å². The minimum absolute atomic E-state index is 0.0929. The van der Waals surface area contributed by atoms with Crippen molar-refractivity contribution in [2.45, 2.75) is 63.7 Å². The van der Waals surface area contributed by atoms with Crippen molar-refractivity contribution in [3.8, 4) is 5.75 Å². The zero-order valence-electron chi connectivity index (χ0n) is 24.3. The van der Waals surface area contributed by atoms with Crippen LogP contribution in [0.2, 0.25) is 0 Å². The Bertz CT molecular complexity index is 974. The summed E-state index contributed by atoms with van der Waals surface area (Å²) in [5.74, 6) is -0.630. The zero-order valence-corrected chi connectivity index (χ0v) is 24.3. The third kappa shape index (κ3) is 7.93. The van der Waals surface area contributed by atoms with Crippen molar-refractivity contribution in [1.82, 2.24) is 9.80 Å². The van der Waals surface area contributed by atoms with Gasteiger partial charge in [0, 0.05) is 44.4 Å². The van der Waals surface area contributed by atoms with Crippen molar-refractivity contribution in [1.29, 1.82) is 0 Å². The lowest BCUT2D eigenvalue weighted by molar-refractivity contribution is -0.870. The molecule has 218 valence electrons. The maximum Gasteiger partial charge on any atom is 0.308 e. The number of hydrogen-bond donors (Lipinski definition) is 1. The van der Waals surface area contributed by atoms with Crippen LogP contribution in [0.5, 0.6) is 5.75 Å². The Morgan fingerprint density at radius 3 is 2.51 bits per heavy atom. The minimum atomic E-state index is -0.809. The van der Waals surface area contributed by atoms with Crippen LogP contribution in [0.3, 0.4) is 0 Å². The number of likely N-dealkylation sites (tertiary alicyclic amines) is 1. The molecule has 3 aliphatic heterocycles. The van der Waals surface area contributed by atoms with Gasteiger partial charge >= 0.3 is 5.97 Å². The van der Waals surface area contributed by atoms with Crippen LogP contribution in [0.15, 0.2) is 18.2 Å². The molecule has 0 radical (unpaired) electrons. The fraction of sp³-hybridized carbons (Fsp3) is 0.733. The number of fused-ring (bicyclic) bond motifs is 1. The summed E-state index contributed by atoms with van der Waals surface area (Å²) in [6.07, 6.45) is 4.70. The maximum absolute atomic E-state index is 13.7. The number of quaternary nitrogens is 1. The molecular formula is C30H48N3O6+. The fourth-order valence-corrected chi connectivity index (χ4v) is 6.23. The zero-order chi connectivity index (χ0) is 28.0. The largest absolute Gasteiger partial charge is 0.493 e. The van der Waals surface area contributed by atoms with Crippen molar-refractivity contribution >= 4 is 11.9 Å². The smallest absolute Gasteiger partial charge is 0.308 e. The monoisotopic (exact) mass is 546 g/mol. The van der Waals surface area contributed by atoms with E-state index in [1.165, 1.54) is 0 Å². The van der Waals surface area contributed by atoms with Gasteiger partial charge in [-0.2, -0.15) is 0 Å². The lowest BCUT2D eigenvalue weighted by Crippen LogP contribution is -2.45. The van der Waals surface area contributed by atoms with Gasteiger partial charge in [0.1, 0.15) is 5.75 Å². The average Bonchev–Trinajstić information content (AvgIpc) is 3.63. The number of carboxylic acid groups (broad SMARTS) is 1. The lowest BCUT2D eigenvalue weighted by Gasteiger charge is -2.31. The summed E-state index contributed by atoms with van der Waals surface area (Å²) in [7, 11) is 6.51. The van der Waals surface area contributed by atoms with Crippen LogP contribution >= 0.6 is 0 Å². The second-order valence-corrected chi connectivity index (χ2v) is 12.3. The van der Waals surface area contributed by atoms with Crippen molar-refractivity contribution in [3.05, 3.63) is 29.3 Å². The molecule has 3 aliphatic rings. The van der Waals surface area contributed by atoms with Gasteiger partial charge in [-0.15, -0.1) is 0 Å². The van der Waals surface area contributed by atoms with E-state index in [4.69, 9.17) is 14.2 Å². The second-order valence-electron chi connectivity index (χ2n) is 12.3. The van der Waals surface area contributed by atoms with Crippen molar-refractivity contribution in [2.24, 2.45) is 5.92 Å². The molecule has 1 amide bonds. The average molecular weight is 547 g/mol. The molecule has 0 saturated carbocycles. The van der Waals surface area contributed by atoms with Gasteiger partial charge in [-0.05, 0) is 36.5 Å². The van der Waals surface area contributed by atoms with Crippen LogP contribution < -0.4 is 4.74 Å². The Hall–Kier alpha value is -2.20. The Morgan fingerprint density at radius 1 is 1.08 bits per heavy atom. The van der Waals surface area contributed by atoms with E-state index in [1.54, 1.807) is 0 Å². The van der Waals surface area contributed by atoms with Gasteiger partial charge in [-0.1, -0.05) is 25.5 Å². The van der Waals surface area contributed by atoms with Crippen LogP contribution in [-0.4, -0.2) is 117 Å². The summed E-state index contributed by atoms with van der Waals surface area (Å²) in [6.45, 7) is 7.19. The SMILES string of the molecule is CCCCN(CCC[N+](C)(C)C)C(=O)CN1CC(c2ccc3c(c2)CCO3)C(C(=O)O)C1CCC1OCCO1. The number of amides is 1. The molecule has 0 bridgehead atoms. The van der Waals surface area contributed by atoms with E-state index in [9.17, 15) is 14.7 Å². The lowest BCUT2D eigenvalue weighted by atomic mass is 9.83. The standard InChI is InChI=1S/C30H47N3O6/c1-5-6-13-31(14-7-15-33(2,3)4)27(34)21-32-20-24(22-8-10-26-23(19-22)12-16-37-26)29(30(35)36)25(32)9-11-28-38-17-18-39-28/h8,10,19,24-25,28-29H,5-7,9,11-18,20-21H2,1-4H3/p+1. The van der Waals surface area contributed by atoms with Gasteiger partial charge in [0.15, 0.2) is 6.29 Å². The van der Waals surface area contributed by atoms with E-state index in [0.717, 1.165) is 66.7 Å². The maximum atomic E-state index is 13.7. The summed E-state index contributed by atoms with van der Waals surface area (Å²) < 4.78 is 17.9. The number of rotatable bonds is 14. The molecule has 3 unspecified atom stereocenters. The van der Waals surface area contributed by atoms with Gasteiger partial charge in [0.25, 0.3) is 0 Å². The van der Waals surface area contributed by atoms with Crippen LogP contribution in [0.25, 0.3) is 0 Å². The molecular weight excluding hydrogens is 498 g/mol. The molecule has 0 spiro atoms. The van der Waals surface area contributed by atoms with E-state index in [0.29, 0.717) is 39.2 Å². The predicted octanol–water partition coefficient (Wildman–Crippen LogP) is 2.97. The van der Waals surface area contributed by atoms with Crippen LogP contribution in [0, 0.1) is 5.92 Å². The van der Waals surface area contributed by atoms with Crippen LogP contribution in [0.1, 0.15) is 56.1 Å². The third-order valence-corrected chi connectivity index (χ3v) is 8.29. The highest BCUT2D eigenvalue weighted by Gasteiger charge is 2.47. The van der Waals surface area contributed by atoms with Gasteiger partial charge in [0.05, 0.1) is 60.0 Å². The van der Waals surface area contributed by atoms with Gasteiger partial charge < -0.3 is 28.7 Å². The molecule has 0 aliphatic carbocycles. The number of benzene rings is 1. The number of unbranched alkanes of at least 4 members (excludes halogenated alkanes) is 1. The molecule has 0 aromatic heterocycles. The highest BCUT2D eigenvalue weighted by molar-refractivity contribution is 5.79. The second kappa shape index (κ2) is 13.4. The Balaban J connectivity index is 1.53. The van der Waals surface area contributed by atoms with E-state index in [-0.39, 0.29) is 30.7 Å². The number of hydrogen-bond acceptors (Lipinski definition) is 6. The van der Waals surface area contributed by atoms with Gasteiger partial charge in [-0.3, -0.25) is 14.5 Å². The minimum Gasteiger partial charge on any atom is -0.493 e. The third-order valence-electron chi connectivity index (χ3n) is 8.29. The molecule has 9 heteroatoms. The van der Waals surface area contributed by atoms with Gasteiger partial charge in [0.2, 0.25) is 5.91 Å². The first-order chi connectivity index (χ1) is 18.7. The first-order valence-electron chi connectivity index (χ1n) is 14.7. The molecule has 9 nitrogen and oxygen atoms in total. The summed E-state index contributed by atoms with van der Waals surface area (Å²) in [6, 6.07) is 5.83. The molecule has 3 atom stereocenters.